The Kier molecular flexibility index (Phi) is 2.15. The quantitative estimate of drug-likeness (QED) is 0.554. The Balaban J connectivity index is 2.69. The molecule has 0 aliphatic heterocycles. The number of allylic oxidation sites excluding steroid dienone is 4. The lowest BCUT2D eigenvalue weighted by Gasteiger charge is -2.01. The molecule has 0 heterocycles. The summed E-state index contributed by atoms with van der Waals surface area (Å²) < 4.78 is 1.11. The van der Waals surface area contributed by atoms with E-state index in [1.165, 1.54) is 0 Å². The van der Waals surface area contributed by atoms with Crippen LogP contribution in [0.25, 0.3) is 0 Å². The van der Waals surface area contributed by atoms with Gasteiger partial charge in [-0.3, -0.25) is 0 Å². The summed E-state index contributed by atoms with van der Waals surface area (Å²) in [6.07, 6.45) is 6.11. The second-order valence-corrected chi connectivity index (χ2v) is 3.12. The van der Waals surface area contributed by atoms with Crippen molar-refractivity contribution in [2.45, 2.75) is 12.8 Å². The van der Waals surface area contributed by atoms with E-state index in [0.29, 0.717) is 0 Å². The van der Waals surface area contributed by atoms with E-state index < -0.39 is 0 Å². The van der Waals surface area contributed by atoms with Gasteiger partial charge in [-0.1, -0.05) is 33.6 Å². The maximum atomic E-state index is 5.70. The monoisotopic (exact) mass is 192 g/mol. The normalized spacial score (nSPS) is 19.8. The maximum absolute atomic E-state index is 5.70. The largest absolute Gasteiger partial charge is 0.0891 e. The summed E-state index contributed by atoms with van der Waals surface area (Å²) in [7, 11) is 0. The molecule has 0 unspecified atom stereocenters. The number of hydrogen-bond acceptors (Lipinski definition) is 0. The highest BCUT2D eigenvalue weighted by atomic mass is 79.9. The number of halogens is 2. The summed E-state index contributed by atoms with van der Waals surface area (Å²) >= 11 is 9.03. The van der Waals surface area contributed by atoms with Crippen LogP contribution < -0.4 is 0 Å². The Morgan fingerprint density at radius 3 is 2.75 bits per heavy atom. The molecule has 0 amide bonds. The highest BCUT2D eigenvalue weighted by Crippen LogP contribution is 2.22. The van der Waals surface area contributed by atoms with Gasteiger partial charge in [0.2, 0.25) is 0 Å². The molecule has 0 spiro atoms. The van der Waals surface area contributed by atoms with Crippen LogP contribution in [0.1, 0.15) is 12.8 Å². The van der Waals surface area contributed by atoms with Gasteiger partial charge in [0.15, 0.2) is 0 Å². The number of rotatable bonds is 0. The minimum absolute atomic E-state index is 0.944. The van der Waals surface area contributed by atoms with Crippen LogP contribution in [0.15, 0.2) is 21.7 Å². The van der Waals surface area contributed by atoms with Crippen molar-refractivity contribution in [1.82, 2.24) is 0 Å². The van der Waals surface area contributed by atoms with Gasteiger partial charge in [0, 0.05) is 9.51 Å². The summed E-state index contributed by atoms with van der Waals surface area (Å²) in [5, 5.41) is 0.944. The van der Waals surface area contributed by atoms with E-state index in [-0.39, 0.29) is 0 Å². The predicted octanol–water partition coefficient (Wildman–Crippen LogP) is 3.18. The molecule has 1 rings (SSSR count). The van der Waals surface area contributed by atoms with E-state index in [4.69, 9.17) is 11.6 Å². The first-order chi connectivity index (χ1) is 3.79. The Hall–Kier alpha value is 0.250. The lowest BCUT2D eigenvalue weighted by atomic mass is 10.2. The SMILES string of the molecule is ClC1=CC(Br)=CCC1. The molecule has 0 fully saturated rings. The van der Waals surface area contributed by atoms with Gasteiger partial charge in [-0.05, 0) is 18.9 Å². The maximum Gasteiger partial charge on any atom is 0.0195 e. The third-order valence-electron chi connectivity index (χ3n) is 1.02. The molecular formula is C6H6BrCl. The second kappa shape index (κ2) is 2.70. The molecular weight excluding hydrogens is 187 g/mol. The third kappa shape index (κ3) is 1.64. The van der Waals surface area contributed by atoms with E-state index in [1.54, 1.807) is 0 Å². The van der Waals surface area contributed by atoms with Gasteiger partial charge in [-0.2, -0.15) is 0 Å². The molecule has 0 bridgehead atoms. The first-order valence-corrected chi connectivity index (χ1v) is 3.68. The van der Waals surface area contributed by atoms with E-state index in [0.717, 1.165) is 22.4 Å². The minimum Gasteiger partial charge on any atom is -0.0891 e. The van der Waals surface area contributed by atoms with Crippen molar-refractivity contribution in [2.75, 3.05) is 0 Å². The van der Waals surface area contributed by atoms with Crippen LogP contribution in [0.2, 0.25) is 0 Å². The highest BCUT2D eigenvalue weighted by molar-refractivity contribution is 9.11. The standard InChI is InChI=1S/C6H6BrCl/c7-5-2-1-3-6(8)4-5/h2,4H,1,3H2. The highest BCUT2D eigenvalue weighted by Gasteiger charge is 1.98. The van der Waals surface area contributed by atoms with Crippen molar-refractivity contribution >= 4 is 27.5 Å². The van der Waals surface area contributed by atoms with Gasteiger partial charge >= 0.3 is 0 Å². The van der Waals surface area contributed by atoms with E-state index in [1.807, 2.05) is 6.08 Å². The lowest BCUT2D eigenvalue weighted by molar-refractivity contribution is 1.01. The molecule has 0 nitrogen and oxygen atoms in total. The average Bonchev–Trinajstić information content (AvgIpc) is 1.64. The Labute approximate surface area is 62.3 Å². The third-order valence-corrected chi connectivity index (χ3v) is 1.87. The van der Waals surface area contributed by atoms with Gasteiger partial charge in [-0.15, -0.1) is 0 Å². The van der Waals surface area contributed by atoms with Gasteiger partial charge in [-0.25, -0.2) is 0 Å². The molecule has 1 aliphatic carbocycles. The first kappa shape index (κ1) is 6.37. The Bertz CT molecular complexity index is 147. The zero-order chi connectivity index (χ0) is 5.98. The fourth-order valence-corrected chi connectivity index (χ4v) is 1.49. The molecule has 44 valence electrons. The molecule has 0 saturated carbocycles. The van der Waals surface area contributed by atoms with Crippen LogP contribution in [-0.4, -0.2) is 0 Å². The molecule has 1 aliphatic rings. The van der Waals surface area contributed by atoms with Crippen molar-refractivity contribution in [2.24, 2.45) is 0 Å². The Morgan fingerprint density at radius 1 is 1.62 bits per heavy atom. The van der Waals surface area contributed by atoms with Crippen LogP contribution in [0, 0.1) is 0 Å². The number of hydrogen-bond donors (Lipinski definition) is 0. The molecule has 2 heteroatoms. The van der Waals surface area contributed by atoms with E-state index in [2.05, 4.69) is 22.0 Å². The summed E-state index contributed by atoms with van der Waals surface area (Å²) in [4.78, 5) is 0. The summed E-state index contributed by atoms with van der Waals surface area (Å²) in [6.45, 7) is 0. The Morgan fingerprint density at radius 2 is 2.38 bits per heavy atom. The molecule has 0 aromatic heterocycles. The topological polar surface area (TPSA) is 0 Å². The molecule has 0 aromatic rings. The first-order valence-electron chi connectivity index (χ1n) is 2.51. The zero-order valence-electron chi connectivity index (χ0n) is 4.32. The van der Waals surface area contributed by atoms with Crippen LogP contribution in [-0.2, 0) is 0 Å². The fourth-order valence-electron chi connectivity index (χ4n) is 0.629. The van der Waals surface area contributed by atoms with Crippen LogP contribution in [0.4, 0.5) is 0 Å². The van der Waals surface area contributed by atoms with Crippen molar-refractivity contribution in [1.29, 1.82) is 0 Å². The zero-order valence-corrected chi connectivity index (χ0v) is 6.67. The van der Waals surface area contributed by atoms with Crippen LogP contribution in [0.3, 0.4) is 0 Å². The van der Waals surface area contributed by atoms with Gasteiger partial charge < -0.3 is 0 Å². The van der Waals surface area contributed by atoms with Crippen molar-refractivity contribution in [3.05, 3.63) is 21.7 Å². The molecule has 8 heavy (non-hydrogen) atoms. The van der Waals surface area contributed by atoms with E-state index >= 15 is 0 Å². The van der Waals surface area contributed by atoms with Gasteiger partial charge in [0.1, 0.15) is 0 Å². The van der Waals surface area contributed by atoms with Gasteiger partial charge in [0.25, 0.3) is 0 Å². The van der Waals surface area contributed by atoms with Gasteiger partial charge in [0.05, 0.1) is 0 Å². The van der Waals surface area contributed by atoms with Crippen LogP contribution in [0.5, 0.6) is 0 Å². The molecule has 0 N–H and O–H groups in total. The van der Waals surface area contributed by atoms with E-state index in [9.17, 15) is 0 Å². The minimum atomic E-state index is 0.944. The van der Waals surface area contributed by atoms with Crippen molar-refractivity contribution in [3.63, 3.8) is 0 Å². The average molecular weight is 193 g/mol. The summed E-state index contributed by atoms with van der Waals surface area (Å²) in [5.74, 6) is 0. The molecule has 0 saturated heterocycles. The predicted molar refractivity (Wildman–Crippen MR) is 40.2 cm³/mol. The molecule has 0 radical (unpaired) electrons. The van der Waals surface area contributed by atoms with Crippen LogP contribution >= 0.6 is 27.5 Å². The van der Waals surface area contributed by atoms with Crippen molar-refractivity contribution in [3.8, 4) is 0 Å². The molecule has 0 atom stereocenters. The molecule has 0 aromatic carbocycles. The second-order valence-electron chi connectivity index (χ2n) is 1.72. The fraction of sp³-hybridized carbons (Fsp3) is 0.333. The lowest BCUT2D eigenvalue weighted by Crippen LogP contribution is -1.80. The summed E-state index contributed by atoms with van der Waals surface area (Å²) in [5.41, 5.74) is 0. The smallest absolute Gasteiger partial charge is 0.0195 e. The van der Waals surface area contributed by atoms with Crippen molar-refractivity contribution < 1.29 is 0 Å². The summed E-state index contributed by atoms with van der Waals surface area (Å²) in [6, 6.07) is 0.